The molecule has 2 atom stereocenters. The van der Waals surface area contributed by atoms with E-state index < -0.39 is 6.04 Å². The van der Waals surface area contributed by atoms with Crippen molar-refractivity contribution < 1.29 is 9.59 Å². The zero-order valence-electron chi connectivity index (χ0n) is 11.4. The van der Waals surface area contributed by atoms with E-state index in [9.17, 15) is 9.59 Å². The lowest BCUT2D eigenvalue weighted by molar-refractivity contribution is -0.143. The van der Waals surface area contributed by atoms with Crippen molar-refractivity contribution >= 4 is 11.8 Å². The number of carbonyl (C=O) groups excluding carboxylic acids is 2. The molecule has 18 heavy (non-hydrogen) atoms. The van der Waals surface area contributed by atoms with Crippen LogP contribution in [0.4, 0.5) is 0 Å². The number of hydrogen-bond acceptors (Lipinski definition) is 3. The van der Waals surface area contributed by atoms with Gasteiger partial charge in [-0.25, -0.2) is 0 Å². The van der Waals surface area contributed by atoms with Gasteiger partial charge >= 0.3 is 0 Å². The van der Waals surface area contributed by atoms with Crippen molar-refractivity contribution in [2.45, 2.75) is 57.5 Å². The first-order valence-corrected chi connectivity index (χ1v) is 6.89. The predicted molar refractivity (Wildman–Crippen MR) is 70.9 cm³/mol. The molecule has 2 unspecified atom stereocenters. The number of piperidine rings is 1. The molecule has 1 rings (SSSR count). The average molecular weight is 255 g/mol. The molecule has 0 aromatic heterocycles. The number of unbranched alkanes of at least 4 members (excludes halogenated alkanes) is 1. The van der Waals surface area contributed by atoms with E-state index >= 15 is 0 Å². The first-order chi connectivity index (χ1) is 8.61. The summed E-state index contributed by atoms with van der Waals surface area (Å²) in [6.45, 7) is 2.72. The van der Waals surface area contributed by atoms with Gasteiger partial charge in [0.05, 0.1) is 6.04 Å². The topological polar surface area (TPSA) is 75.4 Å². The zero-order valence-corrected chi connectivity index (χ0v) is 11.4. The fourth-order valence-electron chi connectivity index (χ4n) is 2.40. The van der Waals surface area contributed by atoms with Crippen LogP contribution >= 0.6 is 0 Å². The Morgan fingerprint density at radius 2 is 2.17 bits per heavy atom. The third kappa shape index (κ3) is 3.70. The van der Waals surface area contributed by atoms with E-state index in [2.05, 4.69) is 12.2 Å². The number of nitrogens with zero attached hydrogens (tertiary/aromatic N) is 1. The second-order valence-electron chi connectivity index (χ2n) is 4.91. The van der Waals surface area contributed by atoms with Gasteiger partial charge in [0, 0.05) is 13.6 Å². The van der Waals surface area contributed by atoms with Crippen LogP contribution in [0.15, 0.2) is 0 Å². The standard InChI is InChI=1S/C13H25N3O2/c1-3-4-7-10(14)13(18)16-9-6-5-8-11(16)12(17)15-2/h10-11H,3-9,14H2,1-2H3,(H,15,17). The molecule has 0 aromatic carbocycles. The highest BCUT2D eigenvalue weighted by Crippen LogP contribution is 2.18. The number of likely N-dealkylation sites (tertiary alicyclic amines) is 1. The minimum Gasteiger partial charge on any atom is -0.357 e. The van der Waals surface area contributed by atoms with Crippen LogP contribution in [-0.4, -0.2) is 42.4 Å². The number of hydrogen-bond donors (Lipinski definition) is 2. The lowest BCUT2D eigenvalue weighted by Crippen LogP contribution is -2.55. The number of amides is 2. The molecule has 0 aromatic rings. The zero-order chi connectivity index (χ0) is 13.5. The van der Waals surface area contributed by atoms with E-state index in [0.29, 0.717) is 13.0 Å². The van der Waals surface area contributed by atoms with Crippen LogP contribution in [-0.2, 0) is 9.59 Å². The van der Waals surface area contributed by atoms with E-state index in [1.54, 1.807) is 11.9 Å². The Labute approximate surface area is 109 Å². The van der Waals surface area contributed by atoms with Crippen LogP contribution in [0.5, 0.6) is 0 Å². The first kappa shape index (κ1) is 15.0. The summed E-state index contributed by atoms with van der Waals surface area (Å²) in [5.41, 5.74) is 5.92. The van der Waals surface area contributed by atoms with Gasteiger partial charge in [-0.3, -0.25) is 9.59 Å². The maximum absolute atomic E-state index is 12.3. The molecule has 1 aliphatic heterocycles. The molecule has 5 heteroatoms. The molecule has 3 N–H and O–H groups in total. The Kier molecular flexibility index (Phi) is 6.12. The number of nitrogens with two attached hydrogens (primary N) is 1. The van der Waals surface area contributed by atoms with Crippen LogP contribution in [0.2, 0.25) is 0 Å². The van der Waals surface area contributed by atoms with Gasteiger partial charge < -0.3 is 16.0 Å². The van der Waals surface area contributed by atoms with Gasteiger partial charge in [0.1, 0.15) is 6.04 Å². The van der Waals surface area contributed by atoms with Crippen molar-refractivity contribution in [1.29, 1.82) is 0 Å². The van der Waals surface area contributed by atoms with E-state index in [4.69, 9.17) is 5.73 Å². The normalized spacial score (nSPS) is 21.5. The van der Waals surface area contributed by atoms with Gasteiger partial charge in [0.25, 0.3) is 0 Å². The van der Waals surface area contributed by atoms with E-state index in [1.165, 1.54) is 0 Å². The Hall–Kier alpha value is -1.10. The summed E-state index contributed by atoms with van der Waals surface area (Å²) < 4.78 is 0. The third-order valence-electron chi connectivity index (χ3n) is 3.52. The van der Waals surface area contributed by atoms with Crippen molar-refractivity contribution in [2.75, 3.05) is 13.6 Å². The number of rotatable bonds is 5. The Balaban J connectivity index is 2.64. The lowest BCUT2D eigenvalue weighted by atomic mass is 9.99. The van der Waals surface area contributed by atoms with Crippen molar-refractivity contribution in [1.82, 2.24) is 10.2 Å². The lowest BCUT2D eigenvalue weighted by Gasteiger charge is -2.36. The van der Waals surface area contributed by atoms with Crippen molar-refractivity contribution in [3.05, 3.63) is 0 Å². The highest BCUT2D eigenvalue weighted by molar-refractivity contribution is 5.89. The van der Waals surface area contributed by atoms with Crippen molar-refractivity contribution in [3.8, 4) is 0 Å². The SMILES string of the molecule is CCCCC(N)C(=O)N1CCCCC1C(=O)NC. The molecule has 0 spiro atoms. The molecular weight excluding hydrogens is 230 g/mol. The fraction of sp³-hybridized carbons (Fsp3) is 0.846. The van der Waals surface area contributed by atoms with Crippen molar-refractivity contribution in [3.63, 3.8) is 0 Å². The molecular formula is C13H25N3O2. The maximum Gasteiger partial charge on any atom is 0.242 e. The third-order valence-corrected chi connectivity index (χ3v) is 3.52. The van der Waals surface area contributed by atoms with Crippen LogP contribution in [0, 0.1) is 0 Å². The largest absolute Gasteiger partial charge is 0.357 e. The van der Waals surface area contributed by atoms with E-state index in [-0.39, 0.29) is 17.9 Å². The Bertz CT molecular complexity index is 294. The Morgan fingerprint density at radius 3 is 2.78 bits per heavy atom. The molecule has 1 fully saturated rings. The molecule has 1 saturated heterocycles. The van der Waals surface area contributed by atoms with Gasteiger partial charge in [0.2, 0.25) is 11.8 Å². The summed E-state index contributed by atoms with van der Waals surface area (Å²) in [4.78, 5) is 25.7. The van der Waals surface area contributed by atoms with Crippen LogP contribution in [0.25, 0.3) is 0 Å². The summed E-state index contributed by atoms with van der Waals surface area (Å²) >= 11 is 0. The summed E-state index contributed by atoms with van der Waals surface area (Å²) in [5.74, 6) is -0.150. The van der Waals surface area contributed by atoms with Gasteiger partial charge in [-0.2, -0.15) is 0 Å². The van der Waals surface area contributed by atoms with Crippen molar-refractivity contribution in [2.24, 2.45) is 5.73 Å². The fourth-order valence-corrected chi connectivity index (χ4v) is 2.40. The smallest absolute Gasteiger partial charge is 0.242 e. The van der Waals surface area contributed by atoms with Crippen LogP contribution < -0.4 is 11.1 Å². The number of nitrogens with one attached hydrogen (secondary N) is 1. The minimum atomic E-state index is -0.463. The summed E-state index contributed by atoms with van der Waals surface area (Å²) in [7, 11) is 1.61. The molecule has 104 valence electrons. The summed E-state index contributed by atoms with van der Waals surface area (Å²) in [6.07, 6.45) is 5.37. The highest BCUT2D eigenvalue weighted by Gasteiger charge is 2.33. The minimum absolute atomic E-state index is 0.0725. The molecule has 2 amide bonds. The molecule has 0 saturated carbocycles. The van der Waals surface area contributed by atoms with Gasteiger partial charge in [-0.05, 0) is 25.7 Å². The van der Waals surface area contributed by atoms with Gasteiger partial charge in [-0.15, -0.1) is 0 Å². The van der Waals surface area contributed by atoms with Gasteiger partial charge in [-0.1, -0.05) is 19.8 Å². The average Bonchev–Trinajstić information content (AvgIpc) is 2.43. The quantitative estimate of drug-likeness (QED) is 0.756. The molecule has 1 aliphatic rings. The van der Waals surface area contributed by atoms with Crippen LogP contribution in [0.1, 0.15) is 45.4 Å². The van der Waals surface area contributed by atoms with E-state index in [0.717, 1.165) is 32.1 Å². The monoisotopic (exact) mass is 255 g/mol. The second kappa shape index (κ2) is 7.36. The maximum atomic E-state index is 12.3. The summed E-state index contributed by atoms with van der Waals surface area (Å²) in [5, 5.41) is 2.63. The number of carbonyl (C=O) groups is 2. The summed E-state index contributed by atoms with van der Waals surface area (Å²) in [6, 6.07) is -0.792. The molecule has 0 bridgehead atoms. The van der Waals surface area contributed by atoms with E-state index in [1.807, 2.05) is 0 Å². The van der Waals surface area contributed by atoms with Crippen LogP contribution in [0.3, 0.4) is 0 Å². The van der Waals surface area contributed by atoms with Gasteiger partial charge in [0.15, 0.2) is 0 Å². The highest BCUT2D eigenvalue weighted by atomic mass is 16.2. The number of likely N-dealkylation sites (N-methyl/N-ethyl adjacent to an activating group) is 1. The Morgan fingerprint density at radius 1 is 1.44 bits per heavy atom. The first-order valence-electron chi connectivity index (χ1n) is 6.89. The predicted octanol–water partition coefficient (Wildman–Crippen LogP) is 0.631. The molecule has 5 nitrogen and oxygen atoms in total. The molecule has 1 heterocycles. The molecule has 0 radical (unpaired) electrons. The second-order valence-corrected chi connectivity index (χ2v) is 4.91. The molecule has 0 aliphatic carbocycles.